The monoisotopic (exact) mass is 183 g/mol. The summed E-state index contributed by atoms with van der Waals surface area (Å²) in [5.74, 6) is 1.77. The van der Waals surface area contributed by atoms with Gasteiger partial charge in [-0.15, -0.1) is 0 Å². The maximum Gasteiger partial charge on any atom is 0.00976 e. The van der Waals surface area contributed by atoms with E-state index in [9.17, 15) is 0 Å². The maximum atomic E-state index is 3.66. The molecule has 0 spiro atoms. The standard InChI is InChI=1S/C12H25N/c1-4-13-12-9-7-5-6-8-11(12)10(2)3/h10-13H,4-9H2,1-3H3. The molecule has 1 N–H and O–H groups in total. The van der Waals surface area contributed by atoms with Gasteiger partial charge in [0.25, 0.3) is 0 Å². The summed E-state index contributed by atoms with van der Waals surface area (Å²) >= 11 is 0. The molecule has 0 radical (unpaired) electrons. The van der Waals surface area contributed by atoms with Gasteiger partial charge in [0.15, 0.2) is 0 Å². The molecule has 13 heavy (non-hydrogen) atoms. The van der Waals surface area contributed by atoms with Crippen LogP contribution >= 0.6 is 0 Å². The van der Waals surface area contributed by atoms with Crippen molar-refractivity contribution in [1.82, 2.24) is 5.32 Å². The molecule has 0 amide bonds. The van der Waals surface area contributed by atoms with E-state index < -0.39 is 0 Å². The Morgan fingerprint density at radius 2 is 1.85 bits per heavy atom. The Kier molecular flexibility index (Phi) is 4.79. The third-order valence-electron chi connectivity index (χ3n) is 3.39. The normalized spacial score (nSPS) is 30.5. The van der Waals surface area contributed by atoms with Crippen LogP contribution in [0.15, 0.2) is 0 Å². The van der Waals surface area contributed by atoms with Crippen LogP contribution in [0.1, 0.15) is 52.9 Å². The van der Waals surface area contributed by atoms with Gasteiger partial charge in [-0.25, -0.2) is 0 Å². The zero-order chi connectivity index (χ0) is 9.68. The SMILES string of the molecule is CCNC1CCCCCC1C(C)C. The fraction of sp³-hybridized carbons (Fsp3) is 1.00. The minimum Gasteiger partial charge on any atom is -0.314 e. The lowest BCUT2D eigenvalue weighted by atomic mass is 9.85. The lowest BCUT2D eigenvalue weighted by Gasteiger charge is -2.29. The van der Waals surface area contributed by atoms with Crippen molar-refractivity contribution in [2.75, 3.05) is 6.54 Å². The summed E-state index contributed by atoms with van der Waals surface area (Å²) in [5.41, 5.74) is 0. The molecule has 1 rings (SSSR count). The molecule has 0 bridgehead atoms. The second-order valence-electron chi connectivity index (χ2n) is 4.71. The van der Waals surface area contributed by atoms with Crippen molar-refractivity contribution >= 4 is 0 Å². The van der Waals surface area contributed by atoms with Crippen molar-refractivity contribution in [3.05, 3.63) is 0 Å². The Bertz CT molecular complexity index is 131. The maximum absolute atomic E-state index is 3.66. The summed E-state index contributed by atoms with van der Waals surface area (Å²) < 4.78 is 0. The Labute approximate surface area is 83.3 Å². The van der Waals surface area contributed by atoms with E-state index in [-0.39, 0.29) is 0 Å². The van der Waals surface area contributed by atoms with E-state index in [2.05, 4.69) is 26.1 Å². The molecule has 1 aliphatic rings. The Balaban J connectivity index is 2.50. The molecule has 0 heterocycles. The minimum absolute atomic E-state index is 0.799. The van der Waals surface area contributed by atoms with E-state index in [0.29, 0.717) is 0 Å². The summed E-state index contributed by atoms with van der Waals surface area (Å²) in [6.07, 6.45) is 7.17. The zero-order valence-electron chi connectivity index (χ0n) is 9.47. The first-order chi connectivity index (χ1) is 6.25. The van der Waals surface area contributed by atoms with E-state index in [1.165, 1.54) is 32.1 Å². The molecule has 2 unspecified atom stereocenters. The average molecular weight is 183 g/mol. The molecular formula is C12H25N. The highest BCUT2D eigenvalue weighted by atomic mass is 14.9. The van der Waals surface area contributed by atoms with Crippen molar-refractivity contribution in [2.45, 2.75) is 58.9 Å². The molecule has 78 valence electrons. The van der Waals surface area contributed by atoms with Crippen molar-refractivity contribution in [2.24, 2.45) is 11.8 Å². The minimum atomic E-state index is 0.799. The van der Waals surface area contributed by atoms with Crippen LogP contribution in [0.4, 0.5) is 0 Å². The van der Waals surface area contributed by atoms with Crippen molar-refractivity contribution in [3.63, 3.8) is 0 Å². The molecule has 1 saturated carbocycles. The number of hydrogen-bond acceptors (Lipinski definition) is 1. The highest BCUT2D eigenvalue weighted by molar-refractivity contribution is 4.80. The summed E-state index contributed by atoms with van der Waals surface area (Å²) in [6, 6.07) is 0.799. The van der Waals surface area contributed by atoms with E-state index in [0.717, 1.165) is 24.4 Å². The fourth-order valence-corrected chi connectivity index (χ4v) is 2.65. The largest absolute Gasteiger partial charge is 0.314 e. The van der Waals surface area contributed by atoms with Gasteiger partial charge >= 0.3 is 0 Å². The first kappa shape index (κ1) is 11.0. The van der Waals surface area contributed by atoms with Gasteiger partial charge in [-0.05, 0) is 31.2 Å². The third-order valence-corrected chi connectivity index (χ3v) is 3.39. The third kappa shape index (κ3) is 3.30. The van der Waals surface area contributed by atoms with Crippen LogP contribution < -0.4 is 5.32 Å². The van der Waals surface area contributed by atoms with E-state index in [1.807, 2.05) is 0 Å². The summed E-state index contributed by atoms with van der Waals surface area (Å²) in [5, 5.41) is 3.66. The highest BCUT2D eigenvalue weighted by Gasteiger charge is 2.24. The number of nitrogens with one attached hydrogen (secondary N) is 1. The van der Waals surface area contributed by atoms with Crippen LogP contribution in [0.3, 0.4) is 0 Å². The first-order valence-electron chi connectivity index (χ1n) is 5.99. The second-order valence-corrected chi connectivity index (χ2v) is 4.71. The van der Waals surface area contributed by atoms with Crippen LogP contribution in [0.25, 0.3) is 0 Å². The van der Waals surface area contributed by atoms with E-state index >= 15 is 0 Å². The average Bonchev–Trinajstić information content (AvgIpc) is 2.30. The second kappa shape index (κ2) is 5.64. The summed E-state index contributed by atoms with van der Waals surface area (Å²) in [7, 11) is 0. The fourth-order valence-electron chi connectivity index (χ4n) is 2.65. The molecule has 2 atom stereocenters. The Hall–Kier alpha value is -0.0400. The zero-order valence-corrected chi connectivity index (χ0v) is 9.47. The lowest BCUT2D eigenvalue weighted by Crippen LogP contribution is -2.37. The molecule has 0 aromatic rings. The Morgan fingerprint density at radius 3 is 2.46 bits per heavy atom. The van der Waals surface area contributed by atoms with Crippen LogP contribution in [-0.4, -0.2) is 12.6 Å². The van der Waals surface area contributed by atoms with Crippen LogP contribution in [0, 0.1) is 11.8 Å². The van der Waals surface area contributed by atoms with Gasteiger partial charge in [-0.2, -0.15) is 0 Å². The molecule has 1 aliphatic carbocycles. The number of rotatable bonds is 3. The van der Waals surface area contributed by atoms with E-state index in [1.54, 1.807) is 0 Å². The first-order valence-corrected chi connectivity index (χ1v) is 5.99. The molecule has 0 aromatic heterocycles. The van der Waals surface area contributed by atoms with Crippen molar-refractivity contribution in [1.29, 1.82) is 0 Å². The van der Waals surface area contributed by atoms with Crippen LogP contribution in [-0.2, 0) is 0 Å². The van der Waals surface area contributed by atoms with Gasteiger partial charge in [0.1, 0.15) is 0 Å². The molecule has 1 fully saturated rings. The molecule has 0 saturated heterocycles. The van der Waals surface area contributed by atoms with Gasteiger partial charge in [0.05, 0.1) is 0 Å². The molecule has 0 aromatic carbocycles. The molecule has 1 heteroatoms. The van der Waals surface area contributed by atoms with Crippen LogP contribution in [0.5, 0.6) is 0 Å². The van der Waals surface area contributed by atoms with Gasteiger partial charge in [0, 0.05) is 6.04 Å². The van der Waals surface area contributed by atoms with Gasteiger partial charge < -0.3 is 5.32 Å². The van der Waals surface area contributed by atoms with Crippen molar-refractivity contribution < 1.29 is 0 Å². The molecule has 0 aliphatic heterocycles. The quantitative estimate of drug-likeness (QED) is 0.663. The molecular weight excluding hydrogens is 158 g/mol. The molecule has 1 nitrogen and oxygen atoms in total. The smallest absolute Gasteiger partial charge is 0.00976 e. The van der Waals surface area contributed by atoms with Crippen molar-refractivity contribution in [3.8, 4) is 0 Å². The predicted octanol–water partition coefficient (Wildman–Crippen LogP) is 3.20. The van der Waals surface area contributed by atoms with Gasteiger partial charge in [0.2, 0.25) is 0 Å². The topological polar surface area (TPSA) is 12.0 Å². The Morgan fingerprint density at radius 1 is 1.15 bits per heavy atom. The van der Waals surface area contributed by atoms with E-state index in [4.69, 9.17) is 0 Å². The summed E-state index contributed by atoms with van der Waals surface area (Å²) in [4.78, 5) is 0. The lowest BCUT2D eigenvalue weighted by molar-refractivity contribution is 0.264. The van der Waals surface area contributed by atoms with Crippen LogP contribution in [0.2, 0.25) is 0 Å². The summed E-state index contributed by atoms with van der Waals surface area (Å²) in [6.45, 7) is 8.11. The predicted molar refractivity (Wildman–Crippen MR) is 58.9 cm³/mol. The highest BCUT2D eigenvalue weighted by Crippen LogP contribution is 2.28. The number of hydrogen-bond donors (Lipinski definition) is 1. The van der Waals surface area contributed by atoms with Gasteiger partial charge in [-0.1, -0.05) is 40.0 Å². The van der Waals surface area contributed by atoms with Gasteiger partial charge in [-0.3, -0.25) is 0 Å².